The van der Waals surface area contributed by atoms with Crippen LogP contribution in [-0.4, -0.2) is 45.5 Å². The number of benzene rings is 2. The largest absolute Gasteiger partial charge is 0.454 e. The van der Waals surface area contributed by atoms with Crippen LogP contribution in [0.25, 0.3) is 0 Å². The van der Waals surface area contributed by atoms with Crippen LogP contribution in [0.4, 0.5) is 14.5 Å². The van der Waals surface area contributed by atoms with Crippen LogP contribution in [0, 0.1) is 11.6 Å². The number of rotatable bonds is 5. The standard InChI is InChI=1S/C21H24F2N4O2/c1-24-21(25-9-7-14-5-6-18-19(11-14)29-13-28-18)26-15-8-10-27(12-15)20-16(22)3-2-4-17(20)23/h2-6,11,15H,7-10,12-13H2,1H3,(H2,24,25,26). The van der Waals surface area contributed by atoms with Crippen molar-refractivity contribution >= 4 is 11.6 Å². The summed E-state index contributed by atoms with van der Waals surface area (Å²) in [5.74, 6) is 1.16. The number of fused-ring (bicyclic) bond motifs is 1. The molecule has 1 fully saturated rings. The molecule has 29 heavy (non-hydrogen) atoms. The van der Waals surface area contributed by atoms with Gasteiger partial charge in [-0.2, -0.15) is 0 Å². The van der Waals surface area contributed by atoms with E-state index in [1.807, 2.05) is 18.2 Å². The van der Waals surface area contributed by atoms with Crippen LogP contribution in [0.1, 0.15) is 12.0 Å². The van der Waals surface area contributed by atoms with E-state index in [1.54, 1.807) is 11.9 Å². The minimum Gasteiger partial charge on any atom is -0.454 e. The van der Waals surface area contributed by atoms with E-state index in [9.17, 15) is 8.78 Å². The minimum absolute atomic E-state index is 0.0440. The van der Waals surface area contributed by atoms with Gasteiger partial charge in [-0.15, -0.1) is 0 Å². The first-order chi connectivity index (χ1) is 14.1. The molecule has 2 N–H and O–H groups in total. The fourth-order valence-electron chi connectivity index (χ4n) is 3.68. The molecule has 154 valence electrons. The highest BCUT2D eigenvalue weighted by Crippen LogP contribution is 2.32. The number of guanidine groups is 1. The Hall–Kier alpha value is -3.03. The number of aliphatic imine (C=N–C) groups is 1. The normalized spacial score (nSPS) is 18.2. The number of hydrogen-bond donors (Lipinski definition) is 2. The fourth-order valence-corrected chi connectivity index (χ4v) is 3.68. The van der Waals surface area contributed by atoms with Gasteiger partial charge in [-0.25, -0.2) is 8.78 Å². The van der Waals surface area contributed by atoms with Crippen LogP contribution in [-0.2, 0) is 6.42 Å². The molecule has 0 radical (unpaired) electrons. The Morgan fingerprint density at radius 2 is 1.97 bits per heavy atom. The molecule has 1 saturated heterocycles. The molecule has 0 spiro atoms. The molecule has 0 amide bonds. The van der Waals surface area contributed by atoms with Crippen molar-refractivity contribution in [3.8, 4) is 11.5 Å². The first kappa shape index (κ1) is 19.3. The SMILES string of the molecule is CN=C(NCCc1ccc2c(c1)OCO2)NC1CCN(c2c(F)cccc2F)C1. The highest BCUT2D eigenvalue weighted by Gasteiger charge is 2.27. The number of nitrogens with zero attached hydrogens (tertiary/aromatic N) is 2. The smallest absolute Gasteiger partial charge is 0.231 e. The van der Waals surface area contributed by atoms with Gasteiger partial charge in [-0.05, 0) is 42.7 Å². The Morgan fingerprint density at radius 3 is 2.76 bits per heavy atom. The maximum absolute atomic E-state index is 14.0. The summed E-state index contributed by atoms with van der Waals surface area (Å²) in [7, 11) is 1.71. The van der Waals surface area contributed by atoms with Crippen molar-refractivity contribution in [3.63, 3.8) is 0 Å². The second-order valence-electron chi connectivity index (χ2n) is 7.08. The Labute approximate surface area is 168 Å². The molecule has 4 rings (SSSR count). The van der Waals surface area contributed by atoms with E-state index < -0.39 is 11.6 Å². The molecule has 8 heteroatoms. The van der Waals surface area contributed by atoms with Crippen molar-refractivity contribution in [1.82, 2.24) is 10.6 Å². The van der Waals surface area contributed by atoms with Gasteiger partial charge in [0.1, 0.15) is 17.3 Å². The number of anilines is 1. The quantitative estimate of drug-likeness (QED) is 0.595. The third kappa shape index (κ3) is 4.36. The van der Waals surface area contributed by atoms with Gasteiger partial charge >= 0.3 is 0 Å². The topological polar surface area (TPSA) is 58.1 Å². The molecule has 2 heterocycles. The molecule has 0 saturated carbocycles. The molecule has 0 aromatic heterocycles. The minimum atomic E-state index is -0.531. The third-order valence-electron chi connectivity index (χ3n) is 5.15. The van der Waals surface area contributed by atoms with Gasteiger partial charge in [0.15, 0.2) is 17.5 Å². The Bertz CT molecular complexity index is 886. The zero-order valence-corrected chi connectivity index (χ0v) is 16.3. The summed E-state index contributed by atoms with van der Waals surface area (Å²) < 4.78 is 38.8. The lowest BCUT2D eigenvalue weighted by atomic mass is 10.1. The van der Waals surface area contributed by atoms with Crippen LogP contribution in [0.15, 0.2) is 41.4 Å². The lowest BCUT2D eigenvalue weighted by molar-refractivity contribution is 0.174. The number of hydrogen-bond acceptors (Lipinski definition) is 4. The van der Waals surface area contributed by atoms with E-state index in [0.29, 0.717) is 25.6 Å². The lowest BCUT2D eigenvalue weighted by Crippen LogP contribution is -2.45. The van der Waals surface area contributed by atoms with Gasteiger partial charge in [0.25, 0.3) is 0 Å². The summed E-state index contributed by atoms with van der Waals surface area (Å²) >= 11 is 0. The highest BCUT2D eigenvalue weighted by atomic mass is 19.1. The number of nitrogens with one attached hydrogen (secondary N) is 2. The van der Waals surface area contributed by atoms with Crippen molar-refractivity contribution < 1.29 is 18.3 Å². The van der Waals surface area contributed by atoms with Gasteiger partial charge in [-0.1, -0.05) is 12.1 Å². The predicted molar refractivity (Wildman–Crippen MR) is 108 cm³/mol. The van der Waals surface area contributed by atoms with Crippen LogP contribution >= 0.6 is 0 Å². The Morgan fingerprint density at radius 1 is 1.17 bits per heavy atom. The fraction of sp³-hybridized carbons (Fsp3) is 0.381. The van der Waals surface area contributed by atoms with Gasteiger partial charge < -0.3 is 25.0 Å². The van der Waals surface area contributed by atoms with Crippen molar-refractivity contribution in [2.24, 2.45) is 4.99 Å². The summed E-state index contributed by atoms with van der Waals surface area (Å²) in [4.78, 5) is 5.99. The van der Waals surface area contributed by atoms with Crippen LogP contribution < -0.4 is 25.0 Å². The van der Waals surface area contributed by atoms with E-state index in [-0.39, 0.29) is 18.5 Å². The second kappa shape index (κ2) is 8.55. The third-order valence-corrected chi connectivity index (χ3v) is 5.15. The van der Waals surface area contributed by atoms with E-state index in [4.69, 9.17) is 9.47 Å². The molecular weight excluding hydrogens is 378 g/mol. The van der Waals surface area contributed by atoms with Crippen molar-refractivity contribution in [1.29, 1.82) is 0 Å². The number of ether oxygens (including phenoxy) is 2. The summed E-state index contributed by atoms with van der Waals surface area (Å²) in [6.07, 6.45) is 1.57. The van der Waals surface area contributed by atoms with Gasteiger partial charge in [0.2, 0.25) is 6.79 Å². The molecule has 1 unspecified atom stereocenters. The molecule has 6 nitrogen and oxygen atoms in total. The van der Waals surface area contributed by atoms with Crippen molar-refractivity contribution in [3.05, 3.63) is 53.6 Å². The van der Waals surface area contributed by atoms with E-state index in [0.717, 1.165) is 29.9 Å². The van der Waals surface area contributed by atoms with Crippen LogP contribution in [0.2, 0.25) is 0 Å². The summed E-state index contributed by atoms with van der Waals surface area (Å²) in [6.45, 7) is 2.06. The van der Waals surface area contributed by atoms with Gasteiger partial charge in [0, 0.05) is 32.7 Å². The Kier molecular flexibility index (Phi) is 5.69. The van der Waals surface area contributed by atoms with Crippen molar-refractivity contribution in [2.45, 2.75) is 18.9 Å². The molecule has 2 aliphatic rings. The molecule has 2 aromatic rings. The van der Waals surface area contributed by atoms with E-state index in [2.05, 4.69) is 15.6 Å². The summed E-state index contributed by atoms with van der Waals surface area (Å²) in [5.41, 5.74) is 1.18. The number of halogens is 2. The summed E-state index contributed by atoms with van der Waals surface area (Å²) in [6, 6.07) is 9.93. The second-order valence-corrected chi connectivity index (χ2v) is 7.08. The average Bonchev–Trinajstić information content (AvgIpc) is 3.36. The zero-order chi connectivity index (χ0) is 20.2. The van der Waals surface area contributed by atoms with Gasteiger partial charge in [0.05, 0.1) is 0 Å². The van der Waals surface area contributed by atoms with Gasteiger partial charge in [-0.3, -0.25) is 4.99 Å². The lowest BCUT2D eigenvalue weighted by Gasteiger charge is -2.21. The molecule has 0 bridgehead atoms. The van der Waals surface area contributed by atoms with Crippen molar-refractivity contribution in [2.75, 3.05) is 38.4 Å². The molecule has 2 aromatic carbocycles. The molecular formula is C21H24F2N4O2. The molecule has 2 aliphatic heterocycles. The van der Waals surface area contributed by atoms with E-state index in [1.165, 1.54) is 18.2 Å². The Balaban J connectivity index is 1.27. The van der Waals surface area contributed by atoms with E-state index >= 15 is 0 Å². The van der Waals surface area contributed by atoms with Crippen LogP contribution in [0.3, 0.4) is 0 Å². The maximum Gasteiger partial charge on any atom is 0.231 e. The summed E-state index contributed by atoms with van der Waals surface area (Å²) in [5, 5.41) is 6.63. The zero-order valence-electron chi connectivity index (χ0n) is 16.3. The monoisotopic (exact) mass is 402 g/mol. The number of para-hydroxylation sites is 1. The molecule has 0 aliphatic carbocycles. The first-order valence-corrected chi connectivity index (χ1v) is 9.68. The maximum atomic E-state index is 14.0. The van der Waals surface area contributed by atoms with Crippen LogP contribution in [0.5, 0.6) is 11.5 Å². The first-order valence-electron chi connectivity index (χ1n) is 9.68. The average molecular weight is 402 g/mol. The molecule has 1 atom stereocenters. The highest BCUT2D eigenvalue weighted by molar-refractivity contribution is 5.80. The predicted octanol–water partition coefficient (Wildman–Crippen LogP) is 2.68.